The Kier molecular flexibility index (Phi) is 5.60. The number of nitrogens with one attached hydrogen (secondary N) is 1. The first-order valence-electron chi connectivity index (χ1n) is 7.51. The number of hydrogen-bond acceptors (Lipinski definition) is 3. The Morgan fingerprint density at radius 2 is 2.04 bits per heavy atom. The highest BCUT2D eigenvalue weighted by Crippen LogP contribution is 2.26. The number of carbonyl (C=O) groups is 3. The van der Waals surface area contributed by atoms with Crippen molar-refractivity contribution < 1.29 is 19.5 Å². The fourth-order valence-corrected chi connectivity index (χ4v) is 2.72. The van der Waals surface area contributed by atoms with Gasteiger partial charge in [0, 0.05) is 23.7 Å². The van der Waals surface area contributed by atoms with Gasteiger partial charge in [0.05, 0.1) is 5.92 Å². The monoisotopic (exact) mass is 338 g/mol. The van der Waals surface area contributed by atoms with Crippen molar-refractivity contribution in [2.45, 2.75) is 32.2 Å². The molecule has 1 heterocycles. The average Bonchev–Trinajstić information content (AvgIpc) is 2.89. The van der Waals surface area contributed by atoms with Gasteiger partial charge in [-0.1, -0.05) is 24.9 Å². The lowest BCUT2D eigenvalue weighted by Gasteiger charge is -2.18. The minimum absolute atomic E-state index is 0.0763. The second kappa shape index (κ2) is 7.46. The quantitative estimate of drug-likeness (QED) is 0.831. The molecule has 124 valence electrons. The van der Waals surface area contributed by atoms with Crippen LogP contribution in [0.25, 0.3) is 0 Å². The Labute approximate surface area is 139 Å². The number of aliphatic carboxylic acids is 1. The molecule has 2 rings (SSSR count). The van der Waals surface area contributed by atoms with Crippen LogP contribution in [0.4, 0.5) is 5.69 Å². The van der Waals surface area contributed by atoms with E-state index in [2.05, 4.69) is 5.32 Å². The van der Waals surface area contributed by atoms with Crippen LogP contribution in [0.1, 0.15) is 26.2 Å². The lowest BCUT2D eigenvalue weighted by atomic mass is 10.1. The smallest absolute Gasteiger partial charge is 0.326 e. The number of rotatable bonds is 6. The molecule has 1 aliphatic heterocycles. The number of nitrogens with zero attached hydrogens (tertiary/aromatic N) is 1. The van der Waals surface area contributed by atoms with E-state index in [9.17, 15) is 14.4 Å². The van der Waals surface area contributed by atoms with Gasteiger partial charge in [-0.25, -0.2) is 4.79 Å². The van der Waals surface area contributed by atoms with Gasteiger partial charge in [0.2, 0.25) is 11.8 Å². The number of amides is 2. The van der Waals surface area contributed by atoms with Crippen molar-refractivity contribution in [2.75, 3.05) is 11.4 Å². The zero-order chi connectivity index (χ0) is 17.0. The molecule has 0 spiro atoms. The van der Waals surface area contributed by atoms with Crippen molar-refractivity contribution in [3.05, 3.63) is 29.3 Å². The van der Waals surface area contributed by atoms with Crippen LogP contribution in [-0.2, 0) is 14.4 Å². The summed E-state index contributed by atoms with van der Waals surface area (Å²) in [4.78, 5) is 37.0. The van der Waals surface area contributed by atoms with Crippen LogP contribution in [0, 0.1) is 5.92 Å². The molecule has 7 heteroatoms. The molecule has 6 nitrogen and oxygen atoms in total. The third kappa shape index (κ3) is 4.22. The average molecular weight is 339 g/mol. The maximum absolute atomic E-state index is 12.2. The molecule has 2 amide bonds. The third-order valence-electron chi connectivity index (χ3n) is 3.83. The Balaban J connectivity index is 2.02. The van der Waals surface area contributed by atoms with Crippen LogP contribution in [0.5, 0.6) is 0 Å². The van der Waals surface area contributed by atoms with Gasteiger partial charge in [-0.05, 0) is 30.7 Å². The zero-order valence-corrected chi connectivity index (χ0v) is 13.5. The molecular weight excluding hydrogens is 320 g/mol. The van der Waals surface area contributed by atoms with E-state index in [-0.39, 0.29) is 18.9 Å². The number of halogens is 1. The summed E-state index contributed by atoms with van der Waals surface area (Å²) in [6.45, 7) is 2.09. The molecule has 1 aromatic rings. The van der Waals surface area contributed by atoms with E-state index in [4.69, 9.17) is 16.7 Å². The molecule has 0 aliphatic carbocycles. The van der Waals surface area contributed by atoms with E-state index in [1.54, 1.807) is 24.3 Å². The largest absolute Gasteiger partial charge is 0.480 e. The van der Waals surface area contributed by atoms with Crippen molar-refractivity contribution in [3.8, 4) is 0 Å². The predicted octanol–water partition coefficient (Wildman–Crippen LogP) is 2.06. The van der Waals surface area contributed by atoms with Crippen molar-refractivity contribution in [2.24, 2.45) is 5.92 Å². The molecule has 23 heavy (non-hydrogen) atoms. The number of anilines is 1. The minimum Gasteiger partial charge on any atom is -0.480 e. The van der Waals surface area contributed by atoms with Gasteiger partial charge >= 0.3 is 5.97 Å². The highest BCUT2D eigenvalue weighted by atomic mass is 35.5. The van der Waals surface area contributed by atoms with E-state index >= 15 is 0 Å². The van der Waals surface area contributed by atoms with Crippen LogP contribution in [0.15, 0.2) is 24.3 Å². The lowest BCUT2D eigenvalue weighted by molar-refractivity contribution is -0.142. The van der Waals surface area contributed by atoms with E-state index in [1.165, 1.54) is 4.90 Å². The van der Waals surface area contributed by atoms with Gasteiger partial charge in [0.1, 0.15) is 6.04 Å². The van der Waals surface area contributed by atoms with Gasteiger partial charge in [0.15, 0.2) is 0 Å². The summed E-state index contributed by atoms with van der Waals surface area (Å²) in [7, 11) is 0. The summed E-state index contributed by atoms with van der Waals surface area (Å²) in [5.41, 5.74) is 0.679. The number of carboxylic acids is 1. The summed E-state index contributed by atoms with van der Waals surface area (Å²) < 4.78 is 0. The topological polar surface area (TPSA) is 86.7 Å². The van der Waals surface area contributed by atoms with E-state index in [0.717, 1.165) is 0 Å². The summed E-state index contributed by atoms with van der Waals surface area (Å²) in [6, 6.07) is 5.89. The molecule has 2 atom stereocenters. The number of carbonyl (C=O) groups excluding carboxylic acids is 2. The fraction of sp³-hybridized carbons (Fsp3) is 0.438. The molecule has 1 fully saturated rings. The van der Waals surface area contributed by atoms with Gasteiger partial charge in [0.25, 0.3) is 0 Å². The van der Waals surface area contributed by atoms with Crippen molar-refractivity contribution in [1.82, 2.24) is 5.32 Å². The molecule has 2 N–H and O–H groups in total. The van der Waals surface area contributed by atoms with Crippen molar-refractivity contribution in [3.63, 3.8) is 0 Å². The molecule has 0 aromatic heterocycles. The molecule has 2 unspecified atom stereocenters. The summed E-state index contributed by atoms with van der Waals surface area (Å²) in [5, 5.41) is 12.2. The Bertz CT molecular complexity index is 603. The second-order valence-electron chi connectivity index (χ2n) is 5.57. The maximum atomic E-state index is 12.2. The number of hydrogen-bond donors (Lipinski definition) is 2. The first kappa shape index (κ1) is 17.3. The summed E-state index contributed by atoms with van der Waals surface area (Å²) in [5.74, 6) is -2.15. The number of benzene rings is 1. The van der Waals surface area contributed by atoms with Crippen LogP contribution in [0.3, 0.4) is 0 Å². The van der Waals surface area contributed by atoms with E-state index in [1.807, 2.05) is 6.92 Å². The SMILES string of the molecule is CCCC(NC(=O)C1CC(=O)N(c2ccc(Cl)cc2)C1)C(=O)O. The van der Waals surface area contributed by atoms with Crippen molar-refractivity contribution >= 4 is 35.1 Å². The Hall–Kier alpha value is -2.08. The molecule has 1 aromatic carbocycles. The highest BCUT2D eigenvalue weighted by molar-refractivity contribution is 6.30. The Morgan fingerprint density at radius 1 is 1.39 bits per heavy atom. The van der Waals surface area contributed by atoms with Crippen LogP contribution in [0.2, 0.25) is 5.02 Å². The molecule has 0 radical (unpaired) electrons. The fourth-order valence-electron chi connectivity index (χ4n) is 2.59. The maximum Gasteiger partial charge on any atom is 0.326 e. The van der Waals surface area contributed by atoms with E-state index in [0.29, 0.717) is 23.6 Å². The molecule has 0 bridgehead atoms. The second-order valence-corrected chi connectivity index (χ2v) is 6.01. The van der Waals surface area contributed by atoms with Gasteiger partial charge in [-0.2, -0.15) is 0 Å². The van der Waals surface area contributed by atoms with E-state index < -0.39 is 23.8 Å². The van der Waals surface area contributed by atoms with Gasteiger partial charge in [-0.15, -0.1) is 0 Å². The first-order valence-corrected chi connectivity index (χ1v) is 7.89. The zero-order valence-electron chi connectivity index (χ0n) is 12.8. The van der Waals surface area contributed by atoms with Crippen LogP contribution in [-0.4, -0.2) is 35.5 Å². The Morgan fingerprint density at radius 3 is 2.61 bits per heavy atom. The van der Waals surface area contributed by atoms with Gasteiger partial charge in [-0.3, -0.25) is 9.59 Å². The summed E-state index contributed by atoms with van der Waals surface area (Å²) >= 11 is 5.83. The highest BCUT2D eigenvalue weighted by Gasteiger charge is 2.36. The predicted molar refractivity (Wildman–Crippen MR) is 86.4 cm³/mol. The molecule has 1 saturated heterocycles. The van der Waals surface area contributed by atoms with Crippen LogP contribution < -0.4 is 10.2 Å². The normalized spacial score (nSPS) is 18.8. The molecular formula is C16H19ClN2O4. The minimum atomic E-state index is -1.06. The number of carboxylic acid groups (broad SMARTS) is 1. The molecule has 1 aliphatic rings. The lowest BCUT2D eigenvalue weighted by Crippen LogP contribution is -2.44. The third-order valence-corrected chi connectivity index (χ3v) is 4.08. The van der Waals surface area contributed by atoms with Gasteiger partial charge < -0.3 is 15.3 Å². The standard InChI is InChI=1S/C16H19ClN2O4/c1-2-3-13(16(22)23)18-15(21)10-8-14(20)19(9-10)12-6-4-11(17)5-7-12/h4-7,10,13H,2-3,8-9H2,1H3,(H,18,21)(H,22,23). The first-order chi connectivity index (χ1) is 10.9. The summed E-state index contributed by atoms with van der Waals surface area (Å²) in [6.07, 6.45) is 1.09. The van der Waals surface area contributed by atoms with Crippen molar-refractivity contribution in [1.29, 1.82) is 0 Å². The van der Waals surface area contributed by atoms with Crippen LogP contribution >= 0.6 is 11.6 Å². The molecule has 0 saturated carbocycles.